The highest BCUT2D eigenvalue weighted by Gasteiger charge is 2.54. The second kappa shape index (κ2) is 11.3. The van der Waals surface area contributed by atoms with Crippen molar-refractivity contribution < 1.29 is 24.3 Å². The molecule has 18 heteroatoms. The highest BCUT2D eigenvalue weighted by atomic mass is 35.5. The number of halogens is 1. The third-order valence-electron chi connectivity index (χ3n) is 5.48. The van der Waals surface area contributed by atoms with E-state index in [1.165, 1.54) is 40.3 Å². The number of nitrogens with two attached hydrogens (primary N) is 2. The lowest BCUT2D eigenvalue weighted by molar-refractivity contribution is -0.150. The molecule has 2 aliphatic rings. The minimum absolute atomic E-state index is 0.143. The fourth-order valence-corrected chi connectivity index (χ4v) is 6.37. The minimum atomic E-state index is -1.34. The van der Waals surface area contributed by atoms with Gasteiger partial charge in [0.1, 0.15) is 23.2 Å². The van der Waals surface area contributed by atoms with Crippen molar-refractivity contribution in [2.24, 2.45) is 23.5 Å². The van der Waals surface area contributed by atoms with Crippen molar-refractivity contribution in [3.05, 3.63) is 46.1 Å². The van der Waals surface area contributed by atoms with Gasteiger partial charge < -0.3 is 27.2 Å². The number of aryl methyl sites for hydroxylation is 1. The largest absolute Gasteiger partial charge is 0.477 e. The fraction of sp³-hybridized carbons (Fsp3) is 0.300. The maximum absolute atomic E-state index is 13.3. The number of nitrogens with zero attached hydrogens (tertiary/aromatic N) is 6. The maximum Gasteiger partial charge on any atom is 0.352 e. The van der Waals surface area contributed by atoms with Crippen LogP contribution in [0.25, 0.3) is 0 Å². The summed E-state index contributed by atoms with van der Waals surface area (Å²) in [5, 5.41) is 26.0. The lowest BCUT2D eigenvalue weighted by atomic mass is 10.0. The van der Waals surface area contributed by atoms with E-state index in [2.05, 4.69) is 31.2 Å². The van der Waals surface area contributed by atoms with Crippen molar-refractivity contribution >= 4 is 64.9 Å². The highest BCUT2D eigenvalue weighted by molar-refractivity contribution is 8.01. The van der Waals surface area contributed by atoms with Crippen LogP contribution in [0.4, 0.5) is 4.79 Å². The molecule has 0 spiro atoms. The van der Waals surface area contributed by atoms with Crippen LogP contribution in [0.3, 0.4) is 0 Å². The SMILES string of the molecule is Cn1nnnc1SCC1=C(C(=O)O)N2C(=O)C(NC(=O)C(NC(=O)N=C(N)N)c3ccccc3Cl)[C@@H]2SC1. The molecule has 0 saturated carbocycles. The standard InChI is InChI=1S/C20H21ClN10O5S2/c1-30-20(27-28-29-30)38-7-8-6-37-16-12(15(33)31(16)13(8)17(34)35)24-14(32)11(25-19(36)26-18(22)23)9-4-2-3-5-10(9)21/h2-5,11-12,16H,6-7H2,1H3,(H,24,32)(H,34,35)(H5,22,23,25,26,36)/t11?,12?,16-/m0/s1. The Morgan fingerprint density at radius 2 is 2.08 bits per heavy atom. The molecule has 2 aromatic rings. The van der Waals surface area contributed by atoms with Crippen molar-refractivity contribution in [2.75, 3.05) is 11.5 Å². The molecule has 4 rings (SSSR count). The van der Waals surface area contributed by atoms with Gasteiger partial charge in [-0.05, 0) is 22.1 Å². The van der Waals surface area contributed by atoms with Gasteiger partial charge in [-0.3, -0.25) is 14.5 Å². The van der Waals surface area contributed by atoms with Gasteiger partial charge in [-0.1, -0.05) is 41.6 Å². The summed E-state index contributed by atoms with van der Waals surface area (Å²) in [6.07, 6.45) is 0. The van der Waals surface area contributed by atoms with Crippen LogP contribution in [-0.4, -0.2) is 82.9 Å². The Morgan fingerprint density at radius 3 is 2.71 bits per heavy atom. The summed E-state index contributed by atoms with van der Waals surface area (Å²) in [6.45, 7) is 0. The first-order chi connectivity index (χ1) is 18.1. The number of aliphatic carboxylic acids is 1. The molecule has 7 N–H and O–H groups in total. The van der Waals surface area contributed by atoms with E-state index in [-0.39, 0.29) is 22.0 Å². The first kappa shape index (κ1) is 27.2. The fourth-order valence-electron chi connectivity index (χ4n) is 3.79. The van der Waals surface area contributed by atoms with Crippen LogP contribution >= 0.6 is 35.1 Å². The average molecular weight is 581 g/mol. The number of β-lactam (4-membered cyclic amide) rings is 1. The predicted molar refractivity (Wildman–Crippen MR) is 138 cm³/mol. The number of fused-ring (bicyclic) bond motifs is 1. The number of carbonyl (C=O) groups excluding carboxylic acids is 3. The molecule has 1 aromatic carbocycles. The molecule has 1 fully saturated rings. The van der Waals surface area contributed by atoms with E-state index in [1.54, 1.807) is 19.2 Å². The van der Waals surface area contributed by atoms with Gasteiger partial charge in [-0.2, -0.15) is 4.99 Å². The molecule has 2 aliphatic heterocycles. The molecule has 1 saturated heterocycles. The Hall–Kier alpha value is -3.83. The summed E-state index contributed by atoms with van der Waals surface area (Å²) in [5.41, 5.74) is 11.1. The number of guanidine groups is 1. The lowest BCUT2D eigenvalue weighted by Crippen LogP contribution is -2.71. The minimum Gasteiger partial charge on any atom is -0.477 e. The second-order valence-corrected chi connectivity index (χ2v) is 10.4. The molecular formula is C20H21ClN10O5S2. The summed E-state index contributed by atoms with van der Waals surface area (Å²) < 4.78 is 1.45. The Balaban J connectivity index is 1.52. The van der Waals surface area contributed by atoms with Crippen molar-refractivity contribution in [3.63, 3.8) is 0 Å². The van der Waals surface area contributed by atoms with Gasteiger partial charge in [0.05, 0.1) is 0 Å². The number of tetrazole rings is 1. The summed E-state index contributed by atoms with van der Waals surface area (Å²) in [6, 6.07) is 2.94. The number of amides is 4. The third-order valence-corrected chi connectivity index (χ3v) is 8.26. The number of benzene rings is 1. The molecule has 0 aliphatic carbocycles. The number of urea groups is 1. The maximum atomic E-state index is 13.3. The molecule has 4 amide bonds. The number of rotatable bonds is 8. The van der Waals surface area contributed by atoms with Gasteiger partial charge in [0.2, 0.25) is 11.1 Å². The van der Waals surface area contributed by atoms with E-state index in [0.717, 1.165) is 4.90 Å². The van der Waals surface area contributed by atoms with E-state index in [4.69, 9.17) is 23.1 Å². The van der Waals surface area contributed by atoms with Crippen molar-refractivity contribution in [2.45, 2.75) is 22.6 Å². The van der Waals surface area contributed by atoms with E-state index in [1.807, 2.05) is 0 Å². The van der Waals surface area contributed by atoms with Crippen LogP contribution in [-0.2, 0) is 21.4 Å². The number of nitrogens with one attached hydrogen (secondary N) is 2. The number of thioether (sulfide) groups is 2. The number of carboxylic acid groups (broad SMARTS) is 1. The number of aliphatic imine (C=N–C) groups is 1. The van der Waals surface area contributed by atoms with Crippen molar-refractivity contribution in [1.29, 1.82) is 0 Å². The number of hydrogen-bond acceptors (Lipinski definition) is 9. The topological polar surface area (TPSA) is 224 Å². The van der Waals surface area contributed by atoms with Crippen LogP contribution in [0.5, 0.6) is 0 Å². The van der Waals surface area contributed by atoms with Crippen LogP contribution in [0.15, 0.2) is 45.7 Å². The summed E-state index contributed by atoms with van der Waals surface area (Å²) in [5.74, 6) is -2.59. The van der Waals surface area contributed by atoms with Crippen LogP contribution in [0.2, 0.25) is 5.02 Å². The Kier molecular flexibility index (Phi) is 8.08. The third kappa shape index (κ3) is 5.53. The molecule has 2 unspecified atom stereocenters. The first-order valence-corrected chi connectivity index (χ1v) is 13.2. The normalized spacial score (nSPS) is 19.2. The molecule has 1 aromatic heterocycles. The zero-order chi connectivity index (χ0) is 27.6. The van der Waals surface area contributed by atoms with Gasteiger partial charge in [-0.15, -0.1) is 16.9 Å². The zero-order valence-electron chi connectivity index (χ0n) is 19.6. The number of hydrogen-bond donors (Lipinski definition) is 5. The smallest absolute Gasteiger partial charge is 0.352 e. The summed E-state index contributed by atoms with van der Waals surface area (Å²) in [7, 11) is 1.66. The summed E-state index contributed by atoms with van der Waals surface area (Å²) >= 11 is 8.78. The number of carboxylic acids is 1. The lowest BCUT2D eigenvalue weighted by Gasteiger charge is -2.49. The highest BCUT2D eigenvalue weighted by Crippen LogP contribution is 2.41. The number of aromatic nitrogens is 4. The van der Waals surface area contributed by atoms with Crippen molar-refractivity contribution in [3.8, 4) is 0 Å². The Labute approximate surface area is 228 Å². The van der Waals surface area contributed by atoms with E-state index in [9.17, 15) is 24.3 Å². The van der Waals surface area contributed by atoms with Crippen LogP contribution in [0, 0.1) is 0 Å². The van der Waals surface area contributed by atoms with Crippen molar-refractivity contribution in [1.82, 2.24) is 35.7 Å². The monoisotopic (exact) mass is 580 g/mol. The van der Waals surface area contributed by atoms with Gasteiger partial charge in [0.15, 0.2) is 5.96 Å². The molecule has 15 nitrogen and oxygen atoms in total. The Morgan fingerprint density at radius 1 is 1.34 bits per heavy atom. The predicted octanol–water partition coefficient (Wildman–Crippen LogP) is -0.581. The van der Waals surface area contributed by atoms with Gasteiger partial charge >= 0.3 is 12.0 Å². The molecule has 3 atom stereocenters. The van der Waals surface area contributed by atoms with Gasteiger partial charge in [0.25, 0.3) is 5.91 Å². The summed E-state index contributed by atoms with van der Waals surface area (Å²) in [4.78, 5) is 55.1. The van der Waals surface area contributed by atoms with Crippen LogP contribution in [0.1, 0.15) is 11.6 Å². The molecular weight excluding hydrogens is 560 g/mol. The molecule has 200 valence electrons. The first-order valence-electron chi connectivity index (χ1n) is 10.8. The van der Waals surface area contributed by atoms with Gasteiger partial charge in [0, 0.05) is 29.1 Å². The number of carbonyl (C=O) groups is 4. The van der Waals surface area contributed by atoms with E-state index in [0.29, 0.717) is 16.5 Å². The van der Waals surface area contributed by atoms with E-state index < -0.39 is 47.2 Å². The van der Waals surface area contributed by atoms with Gasteiger partial charge in [-0.25, -0.2) is 14.3 Å². The molecule has 0 radical (unpaired) electrons. The molecule has 3 heterocycles. The molecule has 38 heavy (non-hydrogen) atoms. The average Bonchev–Trinajstić information content (AvgIpc) is 3.28. The second-order valence-electron chi connectivity index (χ2n) is 7.97. The van der Waals surface area contributed by atoms with Crippen LogP contribution < -0.4 is 22.1 Å². The molecule has 0 bridgehead atoms. The zero-order valence-corrected chi connectivity index (χ0v) is 22.0. The quantitative estimate of drug-likeness (QED) is 0.114. The Bertz CT molecular complexity index is 1360. The van der Waals surface area contributed by atoms with E-state index >= 15 is 0 Å².